The van der Waals surface area contributed by atoms with Crippen molar-refractivity contribution in [1.82, 2.24) is 24.5 Å². The Morgan fingerprint density at radius 1 is 0.844 bits per heavy atom. The molecule has 0 radical (unpaired) electrons. The normalized spacial score (nSPS) is 13.1. The molecule has 7 rings (SSSR count). The van der Waals surface area contributed by atoms with Gasteiger partial charge in [0.1, 0.15) is 28.6 Å². The molecule has 0 unspecified atom stereocenters. The number of aromatic nitrogens is 4. The number of hydrogen-bond donors (Lipinski definition) is 2. The first-order valence-electron chi connectivity index (χ1n) is 14.3. The predicted octanol–water partition coefficient (Wildman–Crippen LogP) is 6.86. The molecule has 1 aliphatic heterocycles. The maximum Gasteiger partial charge on any atom is 0.261 e. The van der Waals surface area contributed by atoms with Gasteiger partial charge in [-0.25, -0.2) is 27.7 Å². The van der Waals surface area contributed by atoms with Crippen molar-refractivity contribution in [1.29, 1.82) is 0 Å². The summed E-state index contributed by atoms with van der Waals surface area (Å²) < 4.78 is 45.6. The summed E-state index contributed by atoms with van der Waals surface area (Å²) >= 11 is 0. The molecule has 1 amide bonds. The average molecular weight is 606 g/mol. The lowest BCUT2D eigenvalue weighted by Gasteiger charge is -2.25. The molecule has 2 N–H and O–H groups in total. The van der Waals surface area contributed by atoms with E-state index in [9.17, 15) is 13.6 Å². The first-order valence-corrected chi connectivity index (χ1v) is 14.3. The van der Waals surface area contributed by atoms with E-state index >= 15 is 4.39 Å². The third-order valence-electron chi connectivity index (χ3n) is 7.77. The van der Waals surface area contributed by atoms with Gasteiger partial charge in [-0.15, -0.1) is 0 Å². The van der Waals surface area contributed by atoms with Gasteiger partial charge in [-0.1, -0.05) is 30.3 Å². The van der Waals surface area contributed by atoms with Crippen LogP contribution in [-0.4, -0.2) is 44.0 Å². The maximum atomic E-state index is 15.6. The van der Waals surface area contributed by atoms with Crippen molar-refractivity contribution in [2.75, 3.05) is 24.2 Å². The number of amides is 1. The van der Waals surface area contributed by atoms with Crippen molar-refractivity contribution in [2.45, 2.75) is 13.0 Å². The highest BCUT2D eigenvalue weighted by Crippen LogP contribution is 2.37. The Kier molecular flexibility index (Phi) is 7.22. The Labute approximate surface area is 256 Å². The molecule has 11 heteroatoms. The van der Waals surface area contributed by atoms with Gasteiger partial charge < -0.3 is 15.5 Å². The molecule has 3 aromatic heterocycles. The molecule has 0 atom stereocenters. The fraction of sp³-hybridized carbons (Fsp3) is 0.118. The number of pyridine rings is 1. The largest absolute Gasteiger partial charge is 0.324 e. The molecule has 224 valence electrons. The number of nitrogens with one attached hydrogen (secondary N) is 2. The van der Waals surface area contributed by atoms with Crippen LogP contribution in [0.1, 0.15) is 21.5 Å². The van der Waals surface area contributed by atoms with Gasteiger partial charge in [0.2, 0.25) is 5.95 Å². The fourth-order valence-corrected chi connectivity index (χ4v) is 5.59. The zero-order valence-corrected chi connectivity index (χ0v) is 24.1. The number of carbonyl (C=O) groups excluding carboxylic acids is 1. The second-order valence-corrected chi connectivity index (χ2v) is 10.9. The lowest BCUT2D eigenvalue weighted by molar-refractivity contribution is 0.101. The Balaban J connectivity index is 1.26. The molecule has 0 saturated heterocycles. The number of fused-ring (bicyclic) bond motifs is 2. The lowest BCUT2D eigenvalue weighted by Crippen LogP contribution is -2.26. The summed E-state index contributed by atoms with van der Waals surface area (Å²) in [6.45, 7) is 1.84. The zero-order chi connectivity index (χ0) is 31.1. The summed E-state index contributed by atoms with van der Waals surface area (Å²) in [5.74, 6) is -3.32. The first kappa shape index (κ1) is 28.2. The Morgan fingerprint density at radius 3 is 2.51 bits per heavy atom. The quantitative estimate of drug-likeness (QED) is 0.216. The monoisotopic (exact) mass is 605 g/mol. The van der Waals surface area contributed by atoms with Crippen LogP contribution in [0.2, 0.25) is 0 Å². The highest BCUT2D eigenvalue weighted by atomic mass is 19.1. The van der Waals surface area contributed by atoms with Gasteiger partial charge in [0.15, 0.2) is 5.82 Å². The van der Waals surface area contributed by atoms with E-state index in [0.717, 1.165) is 43.5 Å². The van der Waals surface area contributed by atoms with E-state index in [1.165, 1.54) is 17.2 Å². The van der Waals surface area contributed by atoms with E-state index in [1.807, 2.05) is 12.1 Å². The summed E-state index contributed by atoms with van der Waals surface area (Å²) in [7, 11) is 2.08. The second-order valence-electron chi connectivity index (χ2n) is 10.9. The standard InChI is InChI=1S/C34H26F3N7O/c1-43-15-13-20-11-12-24(17-22(20)19-43)40-34-38-18-27(37)32(41-34)30-28-10-2-3-14-44(28)42-31(30)21-6-4-7-23(16-21)39-33(45)29-25(35)8-5-9-26(29)36/h2-12,14,16-18H,13,15,19H2,1H3,(H,39,45)(H,38,40,41). The van der Waals surface area contributed by atoms with E-state index in [1.54, 1.807) is 47.1 Å². The summed E-state index contributed by atoms with van der Waals surface area (Å²) in [6, 6.07) is 21.3. The van der Waals surface area contributed by atoms with Crippen molar-refractivity contribution in [2.24, 2.45) is 0 Å². The van der Waals surface area contributed by atoms with Crippen molar-refractivity contribution in [3.8, 4) is 22.5 Å². The van der Waals surface area contributed by atoms with Crippen LogP contribution in [-0.2, 0) is 13.0 Å². The molecule has 1 aliphatic rings. The van der Waals surface area contributed by atoms with Gasteiger partial charge in [0.25, 0.3) is 5.91 Å². The Bertz CT molecular complexity index is 2070. The van der Waals surface area contributed by atoms with E-state index in [-0.39, 0.29) is 17.3 Å². The zero-order valence-electron chi connectivity index (χ0n) is 24.1. The third kappa shape index (κ3) is 5.49. The summed E-state index contributed by atoms with van der Waals surface area (Å²) in [4.78, 5) is 23.8. The number of benzene rings is 3. The Hall–Kier alpha value is -5.55. The molecular formula is C34H26F3N7O. The van der Waals surface area contributed by atoms with Crippen molar-refractivity contribution >= 4 is 28.7 Å². The molecular weight excluding hydrogens is 579 g/mol. The SMILES string of the molecule is CN1CCc2ccc(Nc3ncc(F)c(-c4c(-c5cccc(NC(=O)c6c(F)cccc6F)c5)nn5ccccc45)n3)cc2C1. The summed E-state index contributed by atoms with van der Waals surface area (Å²) in [5.41, 5.74) is 4.82. The van der Waals surface area contributed by atoms with Crippen LogP contribution in [0.4, 0.5) is 30.5 Å². The summed E-state index contributed by atoms with van der Waals surface area (Å²) in [5, 5.41) is 10.5. The van der Waals surface area contributed by atoms with E-state index < -0.39 is 28.9 Å². The van der Waals surface area contributed by atoms with Crippen LogP contribution in [0.5, 0.6) is 0 Å². The predicted molar refractivity (Wildman–Crippen MR) is 166 cm³/mol. The van der Waals surface area contributed by atoms with Crippen LogP contribution in [0.3, 0.4) is 0 Å². The molecule has 6 aromatic rings. The lowest BCUT2D eigenvalue weighted by atomic mass is 9.99. The van der Waals surface area contributed by atoms with Crippen LogP contribution >= 0.6 is 0 Å². The van der Waals surface area contributed by atoms with Gasteiger partial charge >= 0.3 is 0 Å². The average Bonchev–Trinajstić information content (AvgIpc) is 3.41. The number of anilines is 3. The molecule has 8 nitrogen and oxygen atoms in total. The molecule has 0 aliphatic carbocycles. The molecule has 3 aromatic carbocycles. The van der Waals surface area contributed by atoms with Crippen LogP contribution in [0.25, 0.3) is 28.0 Å². The third-order valence-corrected chi connectivity index (χ3v) is 7.77. The van der Waals surface area contributed by atoms with Crippen LogP contribution < -0.4 is 10.6 Å². The van der Waals surface area contributed by atoms with E-state index in [0.29, 0.717) is 22.3 Å². The van der Waals surface area contributed by atoms with Gasteiger partial charge in [-0.3, -0.25) is 4.79 Å². The number of carbonyl (C=O) groups is 1. The molecule has 0 spiro atoms. The highest BCUT2D eigenvalue weighted by molar-refractivity contribution is 6.05. The first-order chi connectivity index (χ1) is 21.8. The highest BCUT2D eigenvalue weighted by Gasteiger charge is 2.23. The van der Waals surface area contributed by atoms with Crippen molar-refractivity contribution < 1.29 is 18.0 Å². The minimum atomic E-state index is -0.974. The second kappa shape index (κ2) is 11.5. The number of halogens is 3. The molecule has 0 saturated carbocycles. The fourth-order valence-electron chi connectivity index (χ4n) is 5.59. The smallest absolute Gasteiger partial charge is 0.261 e. The summed E-state index contributed by atoms with van der Waals surface area (Å²) in [6.07, 6.45) is 3.83. The Morgan fingerprint density at radius 2 is 1.67 bits per heavy atom. The number of hydrogen-bond acceptors (Lipinski definition) is 6. The van der Waals surface area contributed by atoms with Gasteiger partial charge in [-0.2, -0.15) is 5.10 Å². The number of nitrogens with zero attached hydrogens (tertiary/aromatic N) is 5. The van der Waals surface area contributed by atoms with Crippen molar-refractivity contribution in [3.63, 3.8) is 0 Å². The van der Waals surface area contributed by atoms with Crippen molar-refractivity contribution in [3.05, 3.63) is 125 Å². The molecule has 45 heavy (non-hydrogen) atoms. The molecule has 0 fully saturated rings. The molecule has 0 bridgehead atoms. The molecule has 4 heterocycles. The van der Waals surface area contributed by atoms with E-state index in [2.05, 4.69) is 44.7 Å². The van der Waals surface area contributed by atoms with Gasteiger partial charge in [-0.05, 0) is 73.1 Å². The van der Waals surface area contributed by atoms with Crippen LogP contribution in [0, 0.1) is 17.5 Å². The topological polar surface area (TPSA) is 87.5 Å². The van der Waals surface area contributed by atoms with Gasteiger partial charge in [0, 0.05) is 36.2 Å². The minimum Gasteiger partial charge on any atom is -0.324 e. The van der Waals surface area contributed by atoms with Crippen LogP contribution in [0.15, 0.2) is 91.3 Å². The van der Waals surface area contributed by atoms with Gasteiger partial charge in [0.05, 0.1) is 17.3 Å². The maximum absolute atomic E-state index is 15.6. The van der Waals surface area contributed by atoms with E-state index in [4.69, 9.17) is 5.10 Å². The minimum absolute atomic E-state index is 0.0317. The number of rotatable bonds is 6. The number of likely N-dealkylation sites (N-methyl/N-ethyl adjacent to an activating group) is 1.